The Morgan fingerprint density at radius 3 is 2.07 bits per heavy atom. The molecule has 1 N–H and O–H groups in total. The van der Waals surface area contributed by atoms with Crippen LogP contribution in [-0.4, -0.2) is 108 Å². The van der Waals surface area contributed by atoms with E-state index in [1.165, 1.54) is 24.3 Å². The van der Waals surface area contributed by atoms with Crippen molar-refractivity contribution in [3.8, 4) is 34.8 Å². The van der Waals surface area contributed by atoms with Crippen LogP contribution in [-0.2, 0) is 42.4 Å². The summed E-state index contributed by atoms with van der Waals surface area (Å²) in [6.45, 7) is 1.42. The molecule has 0 unspecified atom stereocenters. The molecule has 3 fully saturated rings. The Kier molecular flexibility index (Phi) is 14.6. The minimum Gasteiger partial charge on any atom is -0.497 e. The number of piperazine rings is 1. The summed E-state index contributed by atoms with van der Waals surface area (Å²) in [5.74, 6) is 5.26. The number of amides is 3. The second kappa shape index (κ2) is 22.5. The van der Waals surface area contributed by atoms with Crippen molar-refractivity contribution >= 4 is 35.3 Å². The summed E-state index contributed by atoms with van der Waals surface area (Å²) in [4.78, 5) is 82.3. The van der Waals surface area contributed by atoms with Crippen LogP contribution < -0.4 is 23.8 Å². The van der Waals surface area contributed by atoms with Gasteiger partial charge in [0.1, 0.15) is 42.3 Å². The number of cyclic esters (lactones) is 1. The molecule has 1 spiro atoms. The number of esters is 1. The zero-order chi connectivity index (χ0) is 56.5. The van der Waals surface area contributed by atoms with Crippen molar-refractivity contribution < 1.29 is 57.6 Å². The van der Waals surface area contributed by atoms with Crippen LogP contribution in [0.5, 0.6) is 23.0 Å². The van der Waals surface area contributed by atoms with Crippen molar-refractivity contribution in [2.24, 2.45) is 5.92 Å². The number of benzene rings is 7. The van der Waals surface area contributed by atoms with Gasteiger partial charge in [-0.05, 0) is 112 Å². The molecule has 7 aromatic carbocycles. The minimum atomic E-state index is -2.12. The standard InChI is InChI=1S/C64H55N5O13/c1-77-49-24-16-41(17-25-49)12-13-42-18-28-52-51(36-42)64(62(73)67(52)63(74)79-39-43-14-22-48(23-15-43)69(75)76)55(60(71)66-32-30-65(31-33-66)38-44-19-29-53-54(37-44)81-40-80-53)57-61(72)82-58(46-10-6-3-7-11-46)56(45-8-4-2-5-9-45)68(57)59(64)47-20-26-50(27-21-47)78-35-34-70/h2-11,14-29,36-37,55-59,70H,30-35,38-40H2,1H3/t55-,56-,57-,58+,59+,64-/m0/s1. The molecule has 414 valence electrons. The van der Waals surface area contributed by atoms with Gasteiger partial charge >= 0.3 is 12.1 Å². The number of nitro groups is 1. The third kappa shape index (κ3) is 9.78. The van der Waals surface area contributed by atoms with Crippen LogP contribution in [0.1, 0.15) is 62.7 Å². The first-order valence-corrected chi connectivity index (χ1v) is 26.9. The van der Waals surface area contributed by atoms with E-state index in [9.17, 15) is 15.2 Å². The van der Waals surface area contributed by atoms with Crippen LogP contribution in [0.4, 0.5) is 16.2 Å². The number of fused-ring (bicyclic) bond motifs is 4. The molecule has 5 heterocycles. The van der Waals surface area contributed by atoms with Gasteiger partial charge < -0.3 is 38.4 Å². The van der Waals surface area contributed by atoms with E-state index in [-0.39, 0.29) is 56.6 Å². The second-order valence-corrected chi connectivity index (χ2v) is 20.5. The number of aliphatic hydroxyl groups excluding tert-OH is 1. The van der Waals surface area contributed by atoms with Crippen molar-refractivity contribution in [3.63, 3.8) is 0 Å². The fourth-order valence-corrected chi connectivity index (χ4v) is 12.2. The van der Waals surface area contributed by atoms with Crippen molar-refractivity contribution in [2.75, 3.05) is 58.2 Å². The molecule has 82 heavy (non-hydrogen) atoms. The summed E-state index contributed by atoms with van der Waals surface area (Å²) in [5, 5.41) is 21.3. The number of nitro benzene ring substituents is 1. The number of nitrogens with zero attached hydrogens (tertiary/aromatic N) is 5. The lowest BCUT2D eigenvalue weighted by Crippen LogP contribution is -2.59. The summed E-state index contributed by atoms with van der Waals surface area (Å²) in [7, 11) is 1.57. The van der Waals surface area contributed by atoms with E-state index in [4.69, 9.17) is 28.4 Å². The molecule has 12 rings (SSSR count). The van der Waals surface area contributed by atoms with Crippen molar-refractivity contribution in [1.29, 1.82) is 0 Å². The van der Waals surface area contributed by atoms with E-state index in [0.717, 1.165) is 16.0 Å². The molecule has 7 aromatic rings. The maximum atomic E-state index is 17.0. The van der Waals surface area contributed by atoms with Crippen LogP contribution >= 0.6 is 0 Å². The van der Waals surface area contributed by atoms with E-state index in [0.29, 0.717) is 70.4 Å². The highest BCUT2D eigenvalue weighted by Crippen LogP contribution is 2.66. The van der Waals surface area contributed by atoms with Gasteiger partial charge in [-0.3, -0.25) is 34.3 Å². The van der Waals surface area contributed by atoms with Gasteiger partial charge in [-0.1, -0.05) is 90.7 Å². The number of hydrogen-bond donors (Lipinski definition) is 1. The molecule has 3 amide bonds. The van der Waals surface area contributed by atoms with Crippen LogP contribution in [0.15, 0.2) is 170 Å². The summed E-state index contributed by atoms with van der Waals surface area (Å²) in [6.07, 6.45) is -2.05. The smallest absolute Gasteiger partial charge is 0.421 e. The number of ether oxygens (including phenoxy) is 6. The molecule has 0 radical (unpaired) electrons. The van der Waals surface area contributed by atoms with Gasteiger partial charge in [-0.25, -0.2) is 9.69 Å². The predicted molar refractivity (Wildman–Crippen MR) is 298 cm³/mol. The van der Waals surface area contributed by atoms with Gasteiger partial charge in [0.2, 0.25) is 18.6 Å². The highest BCUT2D eigenvalue weighted by Gasteiger charge is 2.76. The second-order valence-electron chi connectivity index (χ2n) is 20.5. The Morgan fingerprint density at radius 2 is 1.38 bits per heavy atom. The van der Waals surface area contributed by atoms with Gasteiger partial charge in [0, 0.05) is 56.0 Å². The maximum absolute atomic E-state index is 17.0. The molecule has 18 heteroatoms. The molecule has 6 atom stereocenters. The van der Waals surface area contributed by atoms with E-state index in [1.54, 1.807) is 66.6 Å². The molecule has 0 bridgehead atoms. The number of morpholine rings is 1. The minimum absolute atomic E-state index is 0.00522. The lowest BCUT2D eigenvalue weighted by atomic mass is 9.64. The monoisotopic (exact) mass is 1100 g/mol. The topological polar surface area (TPSA) is 200 Å². The number of aliphatic hydroxyl groups is 1. The van der Waals surface area contributed by atoms with Crippen molar-refractivity contribution in [2.45, 2.75) is 42.8 Å². The van der Waals surface area contributed by atoms with E-state index >= 15 is 19.2 Å². The molecular formula is C64H55N5O13. The van der Waals surface area contributed by atoms with Crippen molar-refractivity contribution in [1.82, 2.24) is 14.7 Å². The third-order valence-corrected chi connectivity index (χ3v) is 15.9. The lowest BCUT2D eigenvalue weighted by Gasteiger charge is -2.46. The maximum Gasteiger partial charge on any atom is 0.421 e. The fourth-order valence-electron chi connectivity index (χ4n) is 12.2. The summed E-state index contributed by atoms with van der Waals surface area (Å²) in [6, 6.07) is 45.9. The highest BCUT2D eigenvalue weighted by atomic mass is 16.7. The number of anilines is 1. The third-order valence-electron chi connectivity index (χ3n) is 15.9. The largest absolute Gasteiger partial charge is 0.497 e. The molecule has 0 saturated carbocycles. The van der Waals surface area contributed by atoms with Crippen LogP contribution in [0.25, 0.3) is 0 Å². The summed E-state index contributed by atoms with van der Waals surface area (Å²) in [5.41, 5.74) is 2.49. The van der Waals surface area contributed by atoms with E-state index < -0.39 is 64.4 Å². The zero-order valence-corrected chi connectivity index (χ0v) is 44.5. The first-order valence-electron chi connectivity index (χ1n) is 26.9. The molecular weight excluding hydrogens is 1050 g/mol. The van der Waals surface area contributed by atoms with Crippen molar-refractivity contribution in [3.05, 3.63) is 224 Å². The summed E-state index contributed by atoms with van der Waals surface area (Å²) >= 11 is 0. The van der Waals surface area contributed by atoms with E-state index in [1.807, 2.05) is 95.9 Å². The molecule has 3 saturated heterocycles. The quantitative estimate of drug-likeness (QED) is 0.0499. The highest BCUT2D eigenvalue weighted by molar-refractivity contribution is 6.23. The Hall–Kier alpha value is -9.54. The molecule has 0 aliphatic carbocycles. The van der Waals surface area contributed by atoms with Gasteiger partial charge in [-0.15, -0.1) is 0 Å². The predicted octanol–water partition coefficient (Wildman–Crippen LogP) is 8.45. The van der Waals surface area contributed by atoms with E-state index in [2.05, 4.69) is 16.7 Å². The van der Waals surface area contributed by atoms with Crippen LogP contribution in [0.3, 0.4) is 0 Å². The Bertz CT molecular complexity index is 3620. The number of rotatable bonds is 13. The first kappa shape index (κ1) is 53.1. The Labute approximate surface area is 472 Å². The molecule has 5 aliphatic rings. The number of imide groups is 1. The molecule has 0 aromatic heterocycles. The van der Waals surface area contributed by atoms with Gasteiger partial charge in [0.05, 0.1) is 42.3 Å². The number of methoxy groups -OCH3 is 1. The number of carbonyl (C=O) groups is 4. The van der Waals surface area contributed by atoms with Gasteiger partial charge in [0.25, 0.3) is 5.69 Å². The number of carbonyl (C=O) groups excluding carboxylic acids is 4. The number of hydrogen-bond acceptors (Lipinski definition) is 15. The SMILES string of the molecule is COc1ccc(C#Cc2ccc3c(c2)[C@]2(C(=O)N3C(=O)OCc3ccc([N+](=O)[O-])cc3)[C@H](C(=O)N3CCN(Cc4ccc5c(c4)OCO5)CC3)[C@H]3C(=O)O[C@H](c4ccccc4)[C@H](c4ccccc4)N3[C@@H]2c2ccc(OCCO)cc2)cc1. The molecule has 5 aliphatic heterocycles. The van der Waals surface area contributed by atoms with Crippen LogP contribution in [0.2, 0.25) is 0 Å². The van der Waals surface area contributed by atoms with Gasteiger partial charge in [0.15, 0.2) is 11.5 Å². The van der Waals surface area contributed by atoms with Gasteiger partial charge in [-0.2, -0.15) is 0 Å². The normalized spacial score (nSPS) is 21.7. The average Bonchev–Trinajstić information content (AvgIpc) is 3.69. The first-order chi connectivity index (χ1) is 40.0. The molecule has 18 nitrogen and oxygen atoms in total. The fraction of sp³-hybridized carbons (Fsp3) is 0.250. The average molecular weight is 1100 g/mol. The number of non-ortho nitro benzene ring substituents is 1. The van der Waals surface area contributed by atoms with Crippen LogP contribution in [0, 0.1) is 27.9 Å². The lowest BCUT2D eigenvalue weighted by molar-refractivity contribution is -0.384. The zero-order valence-electron chi connectivity index (χ0n) is 44.5. The Morgan fingerprint density at radius 1 is 0.720 bits per heavy atom. The Balaban J connectivity index is 1.05. The summed E-state index contributed by atoms with van der Waals surface area (Å²) < 4.78 is 35.2.